The van der Waals surface area contributed by atoms with Gasteiger partial charge in [-0.15, -0.1) is 0 Å². The summed E-state index contributed by atoms with van der Waals surface area (Å²) in [6, 6.07) is 5.45. The van der Waals surface area contributed by atoms with Crippen LogP contribution in [0.1, 0.15) is 47.8 Å². The number of ether oxygens (including phenoxy) is 1. The van der Waals surface area contributed by atoms with E-state index in [9.17, 15) is 18.0 Å². The van der Waals surface area contributed by atoms with Gasteiger partial charge in [0.15, 0.2) is 0 Å². The van der Waals surface area contributed by atoms with Crippen molar-refractivity contribution in [1.82, 2.24) is 10.2 Å². The number of benzene rings is 2. The molecule has 3 rings (SSSR count). The Morgan fingerprint density at radius 2 is 1.77 bits per heavy atom. The van der Waals surface area contributed by atoms with Crippen LogP contribution in [0.4, 0.5) is 28.9 Å². The predicted molar refractivity (Wildman–Crippen MR) is 128 cm³/mol. The third-order valence-electron chi connectivity index (χ3n) is 5.83. The summed E-state index contributed by atoms with van der Waals surface area (Å²) < 4.78 is 61.4. The van der Waals surface area contributed by atoms with Crippen LogP contribution in [-0.4, -0.2) is 63.8 Å². The van der Waals surface area contributed by atoms with E-state index < -0.39 is 35.6 Å². The SMILES string of the molecule is C[C@H](CN(C)C)Nc1cc(F)c(N2CCOCC2)cc1C(=O)N[C@H](C)c1cccc(C(F)F)c1F. The number of hydrogen-bond donors (Lipinski definition) is 2. The number of rotatable bonds is 9. The fraction of sp³-hybridized carbons (Fsp3) is 0.480. The molecule has 0 radical (unpaired) electrons. The summed E-state index contributed by atoms with van der Waals surface area (Å²) in [4.78, 5) is 17.1. The lowest BCUT2D eigenvalue weighted by Gasteiger charge is -2.30. The Balaban J connectivity index is 1.93. The molecule has 0 saturated carbocycles. The molecule has 192 valence electrons. The third-order valence-corrected chi connectivity index (χ3v) is 5.83. The zero-order valence-corrected chi connectivity index (χ0v) is 20.4. The summed E-state index contributed by atoms with van der Waals surface area (Å²) in [6.45, 7) is 5.89. The van der Waals surface area contributed by atoms with Gasteiger partial charge in [-0.2, -0.15) is 0 Å². The highest BCUT2D eigenvalue weighted by molar-refractivity contribution is 6.01. The molecule has 0 aliphatic carbocycles. The molecular formula is C25H32F4N4O2. The van der Waals surface area contributed by atoms with Gasteiger partial charge in [-0.05, 0) is 40.1 Å². The Kier molecular flexibility index (Phi) is 8.96. The van der Waals surface area contributed by atoms with Crippen molar-refractivity contribution in [2.45, 2.75) is 32.4 Å². The van der Waals surface area contributed by atoms with Gasteiger partial charge in [-0.1, -0.05) is 18.2 Å². The molecule has 0 unspecified atom stereocenters. The second-order valence-electron chi connectivity index (χ2n) is 9.00. The molecule has 2 atom stereocenters. The standard InChI is InChI=1S/C25H32F4N4O2/c1-15(14-32(3)4)30-21-13-20(26)22(33-8-10-35-11-9-33)12-19(21)25(34)31-16(2)17-6-5-7-18(23(17)27)24(28)29/h5-7,12-13,15-16,24,30H,8-11,14H2,1-4H3,(H,31,34)/t15-,16-/m1/s1. The van der Waals surface area contributed by atoms with E-state index >= 15 is 4.39 Å². The lowest BCUT2D eigenvalue weighted by molar-refractivity contribution is 0.0940. The normalized spacial score (nSPS) is 15.9. The summed E-state index contributed by atoms with van der Waals surface area (Å²) >= 11 is 0. The van der Waals surface area contributed by atoms with E-state index in [1.165, 1.54) is 31.2 Å². The van der Waals surface area contributed by atoms with Gasteiger partial charge in [0.05, 0.1) is 41.8 Å². The Morgan fingerprint density at radius 3 is 2.40 bits per heavy atom. The van der Waals surface area contributed by atoms with Crippen LogP contribution < -0.4 is 15.5 Å². The average Bonchev–Trinajstić information content (AvgIpc) is 2.79. The van der Waals surface area contributed by atoms with Crippen LogP contribution in [0.3, 0.4) is 0 Å². The maximum atomic E-state index is 15.1. The van der Waals surface area contributed by atoms with Crippen molar-refractivity contribution in [3.8, 4) is 0 Å². The van der Waals surface area contributed by atoms with E-state index in [2.05, 4.69) is 10.6 Å². The summed E-state index contributed by atoms with van der Waals surface area (Å²) in [6.07, 6.45) is -2.97. The van der Waals surface area contributed by atoms with Gasteiger partial charge < -0.3 is 25.2 Å². The second kappa shape index (κ2) is 11.7. The number of nitrogens with zero attached hydrogens (tertiary/aromatic N) is 2. The first-order valence-corrected chi connectivity index (χ1v) is 11.5. The number of halogens is 4. The van der Waals surface area contributed by atoms with Crippen LogP contribution in [0.2, 0.25) is 0 Å². The van der Waals surface area contributed by atoms with Gasteiger partial charge in [-0.3, -0.25) is 4.79 Å². The fourth-order valence-corrected chi connectivity index (χ4v) is 4.20. The molecule has 1 aliphatic heterocycles. The maximum Gasteiger partial charge on any atom is 0.266 e. The molecule has 1 heterocycles. The molecule has 2 aromatic carbocycles. The number of anilines is 2. The molecule has 6 nitrogen and oxygen atoms in total. The highest BCUT2D eigenvalue weighted by atomic mass is 19.3. The molecule has 1 aliphatic rings. The zero-order valence-electron chi connectivity index (χ0n) is 20.4. The molecule has 10 heteroatoms. The highest BCUT2D eigenvalue weighted by Crippen LogP contribution is 2.30. The minimum Gasteiger partial charge on any atom is -0.381 e. The Bertz CT molecular complexity index is 1030. The lowest BCUT2D eigenvalue weighted by Crippen LogP contribution is -2.37. The Hall–Kier alpha value is -2.85. The molecule has 35 heavy (non-hydrogen) atoms. The van der Waals surface area contributed by atoms with Crippen molar-refractivity contribution in [3.63, 3.8) is 0 Å². The van der Waals surface area contributed by atoms with E-state index in [0.29, 0.717) is 38.5 Å². The Morgan fingerprint density at radius 1 is 1.11 bits per heavy atom. The van der Waals surface area contributed by atoms with E-state index in [0.717, 1.165) is 6.07 Å². The number of amides is 1. The van der Waals surface area contributed by atoms with Gasteiger partial charge in [0.25, 0.3) is 12.3 Å². The van der Waals surface area contributed by atoms with Crippen molar-refractivity contribution in [1.29, 1.82) is 0 Å². The number of carbonyl (C=O) groups excluding carboxylic acids is 1. The fourth-order valence-electron chi connectivity index (χ4n) is 4.20. The molecule has 0 bridgehead atoms. The van der Waals surface area contributed by atoms with Crippen LogP contribution in [0.15, 0.2) is 30.3 Å². The molecule has 1 fully saturated rings. The summed E-state index contributed by atoms with van der Waals surface area (Å²) in [7, 11) is 3.80. The van der Waals surface area contributed by atoms with E-state index in [1.54, 1.807) is 4.90 Å². The highest BCUT2D eigenvalue weighted by Gasteiger charge is 2.25. The first-order valence-electron chi connectivity index (χ1n) is 11.5. The maximum absolute atomic E-state index is 15.1. The summed E-state index contributed by atoms with van der Waals surface area (Å²) in [5, 5.41) is 5.87. The van der Waals surface area contributed by atoms with Gasteiger partial charge in [0, 0.05) is 31.2 Å². The van der Waals surface area contributed by atoms with E-state index in [4.69, 9.17) is 4.74 Å². The van der Waals surface area contributed by atoms with Crippen molar-refractivity contribution in [2.24, 2.45) is 0 Å². The monoisotopic (exact) mass is 496 g/mol. The summed E-state index contributed by atoms with van der Waals surface area (Å²) in [5.41, 5.74) is -0.0408. The first-order chi connectivity index (χ1) is 16.6. The Labute approximate surface area is 203 Å². The van der Waals surface area contributed by atoms with E-state index in [-0.39, 0.29) is 22.9 Å². The van der Waals surface area contributed by atoms with E-state index in [1.807, 2.05) is 25.9 Å². The number of morpholine rings is 1. The molecule has 0 spiro atoms. The average molecular weight is 497 g/mol. The molecule has 2 N–H and O–H groups in total. The van der Waals surface area contributed by atoms with Crippen LogP contribution in [-0.2, 0) is 4.74 Å². The van der Waals surface area contributed by atoms with Gasteiger partial charge in [0.2, 0.25) is 0 Å². The van der Waals surface area contributed by atoms with Crippen LogP contribution in [0.5, 0.6) is 0 Å². The molecule has 1 saturated heterocycles. The lowest BCUT2D eigenvalue weighted by atomic mass is 10.0. The van der Waals surface area contributed by atoms with Gasteiger partial charge >= 0.3 is 0 Å². The number of nitrogens with one attached hydrogen (secondary N) is 2. The quantitative estimate of drug-likeness (QED) is 0.498. The molecule has 0 aromatic heterocycles. The number of hydrogen-bond acceptors (Lipinski definition) is 5. The number of likely N-dealkylation sites (N-methyl/N-ethyl adjacent to an activating group) is 1. The molecule has 1 amide bonds. The molecule has 2 aromatic rings. The van der Waals surface area contributed by atoms with Crippen molar-refractivity contribution < 1.29 is 27.1 Å². The topological polar surface area (TPSA) is 56.8 Å². The molecular weight excluding hydrogens is 464 g/mol. The van der Waals surface area contributed by atoms with Crippen molar-refractivity contribution in [2.75, 3.05) is 57.2 Å². The van der Waals surface area contributed by atoms with Crippen LogP contribution >= 0.6 is 0 Å². The van der Waals surface area contributed by atoms with Crippen LogP contribution in [0, 0.1) is 11.6 Å². The second-order valence-corrected chi connectivity index (χ2v) is 9.00. The van der Waals surface area contributed by atoms with Crippen molar-refractivity contribution in [3.05, 3.63) is 58.7 Å². The van der Waals surface area contributed by atoms with Gasteiger partial charge in [0.1, 0.15) is 11.6 Å². The zero-order chi connectivity index (χ0) is 25.7. The largest absolute Gasteiger partial charge is 0.381 e. The number of alkyl halides is 2. The third kappa shape index (κ3) is 6.64. The van der Waals surface area contributed by atoms with Crippen molar-refractivity contribution >= 4 is 17.3 Å². The van der Waals surface area contributed by atoms with Gasteiger partial charge in [-0.25, -0.2) is 17.6 Å². The first kappa shape index (κ1) is 26.7. The minimum absolute atomic E-state index is 0.0536. The smallest absolute Gasteiger partial charge is 0.266 e. The summed E-state index contributed by atoms with van der Waals surface area (Å²) in [5.74, 6) is -2.11. The van der Waals surface area contributed by atoms with Crippen LogP contribution in [0.25, 0.3) is 0 Å². The predicted octanol–water partition coefficient (Wildman–Crippen LogP) is 4.59. The minimum atomic E-state index is -2.97. The number of carbonyl (C=O) groups is 1.